The van der Waals surface area contributed by atoms with Crippen molar-refractivity contribution in [1.29, 1.82) is 0 Å². The van der Waals surface area contributed by atoms with Crippen molar-refractivity contribution in [1.82, 2.24) is 0 Å². The first-order valence-electron chi connectivity index (χ1n) is 5.46. The molecule has 1 nitrogen and oxygen atoms in total. The van der Waals surface area contributed by atoms with Crippen LogP contribution in [0.5, 0.6) is 0 Å². The van der Waals surface area contributed by atoms with Gasteiger partial charge in [-0.05, 0) is 31.4 Å². The molecule has 1 aliphatic carbocycles. The number of carbonyl (C=O) groups is 1. The molecule has 0 aromatic heterocycles. The molecule has 0 aliphatic heterocycles. The molecular formula is C13H15BrO. The first-order valence-corrected chi connectivity index (χ1v) is 6.25. The topological polar surface area (TPSA) is 17.1 Å². The summed E-state index contributed by atoms with van der Waals surface area (Å²) in [5.74, 6) is 1.11. The Hall–Kier alpha value is -0.630. The molecule has 1 aromatic carbocycles. The van der Waals surface area contributed by atoms with E-state index in [0.717, 1.165) is 27.9 Å². The average Bonchev–Trinajstić information content (AvgIpc) is 3.02. The third-order valence-electron chi connectivity index (χ3n) is 2.90. The number of hydrogen-bond donors (Lipinski definition) is 0. The van der Waals surface area contributed by atoms with E-state index in [4.69, 9.17) is 0 Å². The van der Waals surface area contributed by atoms with Gasteiger partial charge < -0.3 is 0 Å². The molecule has 15 heavy (non-hydrogen) atoms. The Bertz CT molecular complexity index is 380. The highest BCUT2D eigenvalue weighted by molar-refractivity contribution is 9.10. The second kappa shape index (κ2) is 4.48. The minimum atomic E-state index is 0.275. The molecule has 2 rings (SSSR count). The molecule has 0 heterocycles. The lowest BCUT2D eigenvalue weighted by Gasteiger charge is -2.04. The molecule has 0 bridgehead atoms. The van der Waals surface area contributed by atoms with Crippen molar-refractivity contribution in [2.24, 2.45) is 5.92 Å². The van der Waals surface area contributed by atoms with Crippen LogP contribution in [0, 0.1) is 12.8 Å². The van der Waals surface area contributed by atoms with E-state index in [9.17, 15) is 4.79 Å². The van der Waals surface area contributed by atoms with Crippen LogP contribution in [0.3, 0.4) is 0 Å². The molecule has 1 fully saturated rings. The van der Waals surface area contributed by atoms with E-state index in [2.05, 4.69) is 15.9 Å². The Balaban J connectivity index is 2.05. The zero-order valence-electron chi connectivity index (χ0n) is 8.92. The molecular weight excluding hydrogens is 252 g/mol. The van der Waals surface area contributed by atoms with Crippen molar-refractivity contribution in [3.8, 4) is 0 Å². The first kappa shape index (κ1) is 10.9. The van der Waals surface area contributed by atoms with Gasteiger partial charge in [-0.25, -0.2) is 0 Å². The van der Waals surface area contributed by atoms with E-state index in [1.165, 1.54) is 12.8 Å². The van der Waals surface area contributed by atoms with Gasteiger partial charge in [0, 0.05) is 16.5 Å². The number of rotatable bonds is 4. The van der Waals surface area contributed by atoms with Crippen molar-refractivity contribution < 1.29 is 4.79 Å². The van der Waals surface area contributed by atoms with Gasteiger partial charge in [-0.3, -0.25) is 4.79 Å². The van der Waals surface area contributed by atoms with Crippen molar-refractivity contribution >= 4 is 21.7 Å². The predicted octanol–water partition coefficient (Wildman–Crippen LogP) is 4.13. The maximum Gasteiger partial charge on any atom is 0.164 e. The Kier molecular flexibility index (Phi) is 3.25. The van der Waals surface area contributed by atoms with Gasteiger partial charge in [0.15, 0.2) is 5.78 Å². The maximum atomic E-state index is 11.9. The normalized spacial score (nSPS) is 15.3. The largest absolute Gasteiger partial charge is 0.294 e. The molecule has 0 N–H and O–H groups in total. The third-order valence-corrected chi connectivity index (χ3v) is 3.59. The molecule has 0 radical (unpaired) electrons. The van der Waals surface area contributed by atoms with Crippen molar-refractivity contribution in [2.75, 3.05) is 0 Å². The Morgan fingerprint density at radius 1 is 1.47 bits per heavy atom. The fraction of sp³-hybridized carbons (Fsp3) is 0.462. The predicted molar refractivity (Wildman–Crippen MR) is 65.2 cm³/mol. The summed E-state index contributed by atoms with van der Waals surface area (Å²) in [5.41, 5.74) is 1.99. The lowest BCUT2D eigenvalue weighted by atomic mass is 10.0. The Morgan fingerprint density at radius 3 is 2.87 bits per heavy atom. The van der Waals surface area contributed by atoms with Crippen LogP contribution >= 0.6 is 15.9 Å². The van der Waals surface area contributed by atoms with Crippen molar-refractivity contribution in [2.45, 2.75) is 32.6 Å². The number of hydrogen-bond acceptors (Lipinski definition) is 1. The quantitative estimate of drug-likeness (QED) is 0.749. The van der Waals surface area contributed by atoms with Crippen LogP contribution < -0.4 is 0 Å². The SMILES string of the molecule is Cc1ccc(Br)c(C(=O)CCC2CC2)c1. The highest BCUT2D eigenvalue weighted by Gasteiger charge is 2.22. The molecule has 0 amide bonds. The van der Waals surface area contributed by atoms with Gasteiger partial charge in [-0.15, -0.1) is 0 Å². The van der Waals surface area contributed by atoms with Crippen LogP contribution in [0.2, 0.25) is 0 Å². The average molecular weight is 267 g/mol. The van der Waals surface area contributed by atoms with E-state index < -0.39 is 0 Å². The molecule has 0 unspecified atom stereocenters. The molecule has 2 heteroatoms. The van der Waals surface area contributed by atoms with Crippen molar-refractivity contribution in [3.63, 3.8) is 0 Å². The van der Waals surface area contributed by atoms with Gasteiger partial charge in [0.1, 0.15) is 0 Å². The monoisotopic (exact) mass is 266 g/mol. The fourth-order valence-corrected chi connectivity index (χ4v) is 2.20. The van der Waals surface area contributed by atoms with E-state index in [1.54, 1.807) is 0 Å². The lowest BCUT2D eigenvalue weighted by molar-refractivity contribution is 0.0977. The van der Waals surface area contributed by atoms with Gasteiger partial charge in [0.2, 0.25) is 0 Å². The molecule has 0 spiro atoms. The highest BCUT2D eigenvalue weighted by Crippen LogP contribution is 2.34. The van der Waals surface area contributed by atoms with E-state index in [1.807, 2.05) is 25.1 Å². The zero-order valence-corrected chi connectivity index (χ0v) is 10.5. The number of Topliss-reactive ketones (excluding diaryl/α,β-unsaturated/α-hetero) is 1. The summed E-state index contributed by atoms with van der Waals surface area (Å²) < 4.78 is 0.925. The summed E-state index contributed by atoms with van der Waals surface area (Å²) >= 11 is 3.43. The van der Waals surface area contributed by atoms with Gasteiger partial charge in [0.25, 0.3) is 0 Å². The van der Waals surface area contributed by atoms with Gasteiger partial charge in [0.05, 0.1) is 0 Å². The van der Waals surface area contributed by atoms with Crippen LogP contribution in [-0.4, -0.2) is 5.78 Å². The lowest BCUT2D eigenvalue weighted by Crippen LogP contribution is -2.01. The maximum absolute atomic E-state index is 11.9. The van der Waals surface area contributed by atoms with E-state index >= 15 is 0 Å². The summed E-state index contributed by atoms with van der Waals surface area (Å²) in [6.45, 7) is 2.02. The van der Waals surface area contributed by atoms with Crippen LogP contribution in [0.25, 0.3) is 0 Å². The number of benzene rings is 1. The van der Waals surface area contributed by atoms with Crippen LogP contribution in [0.1, 0.15) is 41.6 Å². The van der Waals surface area contributed by atoms with Crippen LogP contribution in [0.4, 0.5) is 0 Å². The molecule has 1 aliphatic rings. The number of carbonyl (C=O) groups excluding carboxylic acids is 1. The minimum Gasteiger partial charge on any atom is -0.294 e. The van der Waals surface area contributed by atoms with Crippen LogP contribution in [-0.2, 0) is 0 Å². The molecule has 1 aromatic rings. The van der Waals surface area contributed by atoms with Crippen LogP contribution in [0.15, 0.2) is 22.7 Å². The highest BCUT2D eigenvalue weighted by atomic mass is 79.9. The minimum absolute atomic E-state index is 0.275. The summed E-state index contributed by atoms with van der Waals surface area (Å²) in [5, 5.41) is 0. The Morgan fingerprint density at radius 2 is 2.20 bits per heavy atom. The second-order valence-corrected chi connectivity index (χ2v) is 5.24. The molecule has 0 atom stereocenters. The zero-order chi connectivity index (χ0) is 10.8. The summed E-state index contributed by atoms with van der Waals surface area (Å²) in [7, 11) is 0. The van der Waals surface area contributed by atoms with Gasteiger partial charge >= 0.3 is 0 Å². The molecule has 1 saturated carbocycles. The smallest absolute Gasteiger partial charge is 0.164 e. The summed E-state index contributed by atoms with van der Waals surface area (Å²) in [4.78, 5) is 11.9. The summed E-state index contributed by atoms with van der Waals surface area (Å²) in [6, 6.07) is 5.95. The standard InChI is InChI=1S/C13H15BrO/c1-9-2-6-12(14)11(8-9)13(15)7-5-10-3-4-10/h2,6,8,10H,3-5,7H2,1H3. The number of aryl methyl sites for hydroxylation is 1. The van der Waals surface area contributed by atoms with Gasteiger partial charge in [-0.2, -0.15) is 0 Å². The van der Waals surface area contributed by atoms with E-state index in [-0.39, 0.29) is 5.78 Å². The van der Waals surface area contributed by atoms with E-state index in [0.29, 0.717) is 6.42 Å². The molecule has 80 valence electrons. The third kappa shape index (κ3) is 2.91. The fourth-order valence-electron chi connectivity index (χ4n) is 1.73. The molecule has 0 saturated heterocycles. The first-order chi connectivity index (χ1) is 7.16. The Labute approximate surface area is 99.0 Å². The second-order valence-electron chi connectivity index (χ2n) is 4.39. The summed E-state index contributed by atoms with van der Waals surface area (Å²) in [6.07, 6.45) is 4.41. The number of halogens is 1. The number of ketones is 1. The van der Waals surface area contributed by atoms with Crippen molar-refractivity contribution in [3.05, 3.63) is 33.8 Å². The van der Waals surface area contributed by atoms with Gasteiger partial charge in [-0.1, -0.05) is 40.4 Å².